The Hall–Kier alpha value is -0.280. The maximum absolute atomic E-state index is 6.17. The predicted octanol–water partition coefficient (Wildman–Crippen LogP) is 5.65. The van der Waals surface area contributed by atoms with Crippen molar-refractivity contribution >= 4 is 0 Å². The second-order valence-electron chi connectivity index (χ2n) is 7.69. The van der Waals surface area contributed by atoms with Gasteiger partial charge in [0, 0.05) is 41.7 Å². The molecule has 0 aliphatic rings. The third-order valence-corrected chi connectivity index (χ3v) is 5.32. The molecule has 0 radical (unpaired) electrons. The van der Waals surface area contributed by atoms with Gasteiger partial charge in [0.15, 0.2) is 25.2 Å². The van der Waals surface area contributed by atoms with Crippen LogP contribution in [0.1, 0.15) is 90.9 Å². The summed E-state index contributed by atoms with van der Waals surface area (Å²) in [6.07, 6.45) is 12.0. The molecule has 0 aromatic carbocycles. The van der Waals surface area contributed by atoms with Crippen molar-refractivity contribution < 1.29 is 33.2 Å². The van der Waals surface area contributed by atoms with Gasteiger partial charge in [-0.25, -0.2) is 0 Å². The second-order valence-corrected chi connectivity index (χ2v) is 7.69. The van der Waals surface area contributed by atoms with E-state index >= 15 is 0 Å². The minimum atomic E-state index is -0.198. The van der Waals surface area contributed by atoms with Crippen LogP contribution in [0.2, 0.25) is 0 Å². The van der Waals surface area contributed by atoms with Crippen LogP contribution in [0.25, 0.3) is 0 Å². The lowest BCUT2D eigenvalue weighted by Crippen LogP contribution is -2.27. The van der Waals surface area contributed by atoms with E-state index in [9.17, 15) is 0 Å². The smallest absolute Gasteiger partial charge is 0.160 e. The van der Waals surface area contributed by atoms with Gasteiger partial charge in [0.25, 0.3) is 0 Å². The first-order chi connectivity index (χ1) is 15.1. The van der Waals surface area contributed by atoms with Crippen LogP contribution in [0.3, 0.4) is 0 Å². The molecule has 0 saturated heterocycles. The summed E-state index contributed by atoms with van der Waals surface area (Å²) in [7, 11) is 6.74. The fourth-order valence-electron chi connectivity index (χ4n) is 3.54. The standard InChI is InChI=1S/C24H50O7/c1-7-29-23(19-15-11-9-13-17-21(25-3)26-4)31-24(30-8-2)20-16-12-10-14-18-22(27-5)28-6/h21-24H,7-20H2,1-6H3. The van der Waals surface area contributed by atoms with Crippen LogP contribution in [0.4, 0.5) is 0 Å². The van der Waals surface area contributed by atoms with E-state index in [-0.39, 0.29) is 25.2 Å². The van der Waals surface area contributed by atoms with Gasteiger partial charge in [-0.05, 0) is 65.2 Å². The summed E-state index contributed by atoms with van der Waals surface area (Å²) in [5.41, 5.74) is 0. The lowest BCUT2D eigenvalue weighted by atomic mass is 10.1. The van der Waals surface area contributed by atoms with Gasteiger partial charge in [0.05, 0.1) is 0 Å². The van der Waals surface area contributed by atoms with Crippen LogP contribution in [0, 0.1) is 0 Å². The van der Waals surface area contributed by atoms with E-state index < -0.39 is 0 Å². The van der Waals surface area contributed by atoms with Gasteiger partial charge in [-0.1, -0.05) is 25.7 Å². The van der Waals surface area contributed by atoms with Crippen LogP contribution in [-0.2, 0) is 33.2 Å². The van der Waals surface area contributed by atoms with Crippen LogP contribution < -0.4 is 0 Å². The number of methoxy groups -OCH3 is 4. The molecule has 0 heterocycles. The zero-order chi connectivity index (χ0) is 23.2. The predicted molar refractivity (Wildman–Crippen MR) is 123 cm³/mol. The maximum Gasteiger partial charge on any atom is 0.160 e. The number of ether oxygens (including phenoxy) is 7. The maximum atomic E-state index is 6.17. The van der Waals surface area contributed by atoms with Crippen molar-refractivity contribution in [2.75, 3.05) is 41.7 Å². The molecule has 188 valence electrons. The zero-order valence-corrected chi connectivity index (χ0v) is 21.1. The molecule has 7 heteroatoms. The van der Waals surface area contributed by atoms with Gasteiger partial charge in [0.1, 0.15) is 0 Å². The zero-order valence-electron chi connectivity index (χ0n) is 21.1. The molecule has 0 spiro atoms. The summed E-state index contributed by atoms with van der Waals surface area (Å²) in [6, 6.07) is 0. The van der Waals surface area contributed by atoms with Crippen molar-refractivity contribution in [3.63, 3.8) is 0 Å². The summed E-state index contributed by atoms with van der Waals surface area (Å²) < 4.78 is 38.7. The van der Waals surface area contributed by atoms with E-state index in [0.29, 0.717) is 13.2 Å². The third-order valence-electron chi connectivity index (χ3n) is 5.32. The van der Waals surface area contributed by atoms with E-state index in [1.54, 1.807) is 28.4 Å². The van der Waals surface area contributed by atoms with Gasteiger partial charge < -0.3 is 33.2 Å². The molecule has 0 aliphatic carbocycles. The first kappa shape index (κ1) is 30.7. The summed E-state index contributed by atoms with van der Waals surface area (Å²) in [5.74, 6) is 0. The highest BCUT2D eigenvalue weighted by Gasteiger charge is 2.17. The molecule has 0 aliphatic heterocycles. The van der Waals surface area contributed by atoms with E-state index in [0.717, 1.165) is 77.0 Å². The molecular weight excluding hydrogens is 400 g/mol. The molecule has 2 atom stereocenters. The largest absolute Gasteiger partial charge is 0.356 e. The van der Waals surface area contributed by atoms with Crippen molar-refractivity contribution in [1.29, 1.82) is 0 Å². The van der Waals surface area contributed by atoms with Crippen LogP contribution in [0.5, 0.6) is 0 Å². The Morgan fingerprint density at radius 3 is 0.968 bits per heavy atom. The molecule has 0 saturated carbocycles. The second kappa shape index (κ2) is 22.9. The summed E-state index contributed by atoms with van der Waals surface area (Å²) >= 11 is 0. The molecule has 0 rings (SSSR count). The van der Waals surface area contributed by atoms with Gasteiger partial charge in [-0.15, -0.1) is 0 Å². The quantitative estimate of drug-likeness (QED) is 0.139. The van der Waals surface area contributed by atoms with E-state index in [1.807, 2.05) is 13.8 Å². The highest BCUT2D eigenvalue weighted by molar-refractivity contribution is 4.55. The van der Waals surface area contributed by atoms with Crippen LogP contribution in [0.15, 0.2) is 0 Å². The Labute approximate surface area is 191 Å². The van der Waals surface area contributed by atoms with E-state index in [2.05, 4.69) is 0 Å². The summed E-state index contributed by atoms with van der Waals surface area (Å²) in [4.78, 5) is 0. The molecule has 0 bridgehead atoms. The molecular formula is C24H50O7. The fourth-order valence-corrected chi connectivity index (χ4v) is 3.54. The van der Waals surface area contributed by atoms with E-state index in [1.165, 1.54) is 0 Å². The first-order valence-electron chi connectivity index (χ1n) is 12.1. The number of hydrogen-bond acceptors (Lipinski definition) is 7. The molecule has 0 amide bonds. The van der Waals surface area contributed by atoms with Crippen molar-refractivity contribution in [1.82, 2.24) is 0 Å². The molecule has 0 aromatic rings. The number of hydrogen-bond donors (Lipinski definition) is 0. The Morgan fingerprint density at radius 1 is 0.419 bits per heavy atom. The Bertz CT molecular complexity index is 317. The molecule has 7 nitrogen and oxygen atoms in total. The topological polar surface area (TPSA) is 64.6 Å². The van der Waals surface area contributed by atoms with Gasteiger partial charge in [-0.3, -0.25) is 0 Å². The summed E-state index contributed by atoms with van der Waals surface area (Å²) in [5, 5.41) is 0. The lowest BCUT2D eigenvalue weighted by Gasteiger charge is -2.25. The summed E-state index contributed by atoms with van der Waals surface area (Å²) in [6.45, 7) is 5.31. The van der Waals surface area contributed by atoms with Crippen molar-refractivity contribution in [2.45, 2.75) is 116 Å². The molecule has 2 unspecified atom stereocenters. The van der Waals surface area contributed by atoms with Gasteiger partial charge >= 0.3 is 0 Å². The highest BCUT2D eigenvalue weighted by atomic mass is 16.8. The Balaban J connectivity index is 4.08. The first-order valence-corrected chi connectivity index (χ1v) is 12.1. The van der Waals surface area contributed by atoms with Gasteiger partial charge in [0.2, 0.25) is 0 Å². The van der Waals surface area contributed by atoms with Crippen molar-refractivity contribution in [3.8, 4) is 0 Å². The van der Waals surface area contributed by atoms with Crippen LogP contribution in [-0.4, -0.2) is 66.8 Å². The van der Waals surface area contributed by atoms with Crippen molar-refractivity contribution in [2.24, 2.45) is 0 Å². The number of unbranched alkanes of at least 4 members (excludes halogenated alkanes) is 6. The molecule has 0 fully saturated rings. The number of rotatable bonds is 24. The monoisotopic (exact) mass is 450 g/mol. The lowest BCUT2D eigenvalue weighted by molar-refractivity contribution is -0.247. The van der Waals surface area contributed by atoms with Gasteiger partial charge in [-0.2, -0.15) is 0 Å². The normalized spacial score (nSPS) is 13.9. The molecule has 31 heavy (non-hydrogen) atoms. The fraction of sp³-hybridized carbons (Fsp3) is 1.00. The van der Waals surface area contributed by atoms with Crippen molar-refractivity contribution in [3.05, 3.63) is 0 Å². The highest BCUT2D eigenvalue weighted by Crippen LogP contribution is 2.18. The Kier molecular flexibility index (Phi) is 22.7. The van der Waals surface area contributed by atoms with Crippen LogP contribution >= 0.6 is 0 Å². The minimum absolute atomic E-state index is 0.0900. The SMILES string of the molecule is CCOC(CCCCCCC(OC)OC)OC(CCCCCCC(OC)OC)OCC. The Morgan fingerprint density at radius 2 is 0.710 bits per heavy atom. The molecule has 0 N–H and O–H groups in total. The average molecular weight is 451 g/mol. The molecule has 0 aromatic heterocycles. The third kappa shape index (κ3) is 17.9. The average Bonchev–Trinajstić information content (AvgIpc) is 2.78. The minimum Gasteiger partial charge on any atom is -0.356 e. The van der Waals surface area contributed by atoms with E-state index in [4.69, 9.17) is 33.2 Å².